The number of hydrogen-bond acceptors (Lipinski definition) is 3. The summed E-state index contributed by atoms with van der Waals surface area (Å²) in [6.45, 7) is 5.80. The molecule has 1 aromatic heterocycles. The van der Waals surface area contributed by atoms with Gasteiger partial charge in [0.2, 0.25) is 0 Å². The number of pyridine rings is 1. The van der Waals surface area contributed by atoms with E-state index in [1.54, 1.807) is 31.1 Å². The van der Waals surface area contributed by atoms with Crippen molar-refractivity contribution in [3.05, 3.63) is 65.2 Å². The minimum Gasteiger partial charge on any atom is -0.356 e. The first-order valence-corrected chi connectivity index (χ1v) is 10.5. The maximum atomic E-state index is 13.5. The van der Waals surface area contributed by atoms with E-state index < -0.39 is 0 Å². The molecule has 2 rings (SSSR count). The van der Waals surface area contributed by atoms with Gasteiger partial charge in [0.25, 0.3) is 0 Å². The normalized spacial score (nSPS) is 12.4. The Hall–Kier alpha value is -1.35. The van der Waals surface area contributed by atoms with Gasteiger partial charge in [-0.15, -0.1) is 24.0 Å². The van der Waals surface area contributed by atoms with E-state index in [-0.39, 0.29) is 29.8 Å². The fourth-order valence-corrected chi connectivity index (χ4v) is 3.58. The standard InChI is InChI=1S/C21H29FN4S.HI/c1-15(2)20(17-6-5-9-24-11-17)13-26-21(23-3)25-12-16-7-8-19(22)10-18(16)14-27-4;/h5-11,15,20H,12-14H2,1-4H3,(H2,23,25,26);1H. The molecule has 1 heterocycles. The van der Waals surface area contributed by atoms with Gasteiger partial charge in [-0.3, -0.25) is 9.98 Å². The summed E-state index contributed by atoms with van der Waals surface area (Å²) in [6.07, 6.45) is 5.74. The van der Waals surface area contributed by atoms with E-state index in [9.17, 15) is 4.39 Å². The van der Waals surface area contributed by atoms with Crippen molar-refractivity contribution in [2.75, 3.05) is 19.8 Å². The van der Waals surface area contributed by atoms with Crippen molar-refractivity contribution >= 4 is 41.7 Å². The van der Waals surface area contributed by atoms with Crippen LogP contribution in [0.2, 0.25) is 0 Å². The van der Waals surface area contributed by atoms with Crippen LogP contribution < -0.4 is 10.6 Å². The van der Waals surface area contributed by atoms with Gasteiger partial charge in [-0.1, -0.05) is 26.0 Å². The van der Waals surface area contributed by atoms with Gasteiger partial charge in [-0.2, -0.15) is 11.8 Å². The topological polar surface area (TPSA) is 49.3 Å². The van der Waals surface area contributed by atoms with Crippen molar-refractivity contribution in [2.45, 2.75) is 32.1 Å². The smallest absolute Gasteiger partial charge is 0.191 e. The van der Waals surface area contributed by atoms with E-state index in [1.165, 1.54) is 11.6 Å². The molecule has 1 unspecified atom stereocenters. The number of hydrogen-bond donors (Lipinski definition) is 2. The molecule has 1 atom stereocenters. The highest BCUT2D eigenvalue weighted by atomic mass is 127. The molecule has 0 radical (unpaired) electrons. The third kappa shape index (κ3) is 7.58. The second kappa shape index (κ2) is 13.0. The van der Waals surface area contributed by atoms with Crippen LogP contribution in [-0.2, 0) is 12.3 Å². The van der Waals surface area contributed by atoms with Gasteiger partial charge < -0.3 is 10.6 Å². The molecule has 4 nitrogen and oxygen atoms in total. The second-order valence-electron chi connectivity index (χ2n) is 6.79. The zero-order valence-electron chi connectivity index (χ0n) is 16.9. The molecule has 1 aromatic carbocycles. The third-order valence-electron chi connectivity index (χ3n) is 4.54. The molecule has 0 bridgehead atoms. The Kier molecular flexibility index (Phi) is 11.4. The van der Waals surface area contributed by atoms with Crippen LogP contribution in [-0.4, -0.2) is 30.8 Å². The fourth-order valence-electron chi connectivity index (χ4n) is 3.00. The summed E-state index contributed by atoms with van der Waals surface area (Å²) in [6, 6.07) is 9.05. The molecule has 0 aliphatic carbocycles. The van der Waals surface area contributed by atoms with E-state index in [2.05, 4.69) is 40.5 Å². The predicted molar refractivity (Wildman–Crippen MR) is 129 cm³/mol. The summed E-state index contributed by atoms with van der Waals surface area (Å²) in [5, 5.41) is 6.76. The van der Waals surface area contributed by atoms with E-state index in [0.29, 0.717) is 18.4 Å². The molecule has 0 aliphatic rings. The number of aromatic nitrogens is 1. The molecule has 0 spiro atoms. The van der Waals surface area contributed by atoms with Gasteiger partial charge >= 0.3 is 0 Å². The molecule has 2 N–H and O–H groups in total. The zero-order valence-corrected chi connectivity index (χ0v) is 20.1. The van der Waals surface area contributed by atoms with Crippen LogP contribution in [0.5, 0.6) is 0 Å². The van der Waals surface area contributed by atoms with E-state index in [0.717, 1.165) is 29.4 Å². The SMILES string of the molecule is CN=C(NCc1ccc(F)cc1CSC)NCC(c1cccnc1)C(C)C.I. The summed E-state index contributed by atoms with van der Waals surface area (Å²) in [5.41, 5.74) is 3.32. The molecule has 0 amide bonds. The lowest BCUT2D eigenvalue weighted by Gasteiger charge is -2.23. The summed E-state index contributed by atoms with van der Waals surface area (Å²) >= 11 is 1.69. The molecule has 154 valence electrons. The Labute approximate surface area is 189 Å². The first-order chi connectivity index (χ1) is 13.0. The monoisotopic (exact) mass is 516 g/mol. The van der Waals surface area contributed by atoms with Crippen molar-refractivity contribution in [1.82, 2.24) is 15.6 Å². The number of guanidine groups is 1. The van der Waals surface area contributed by atoms with Crippen molar-refractivity contribution < 1.29 is 4.39 Å². The summed E-state index contributed by atoms with van der Waals surface area (Å²) in [5.74, 6) is 2.16. The van der Waals surface area contributed by atoms with Crippen LogP contribution in [0.4, 0.5) is 4.39 Å². The van der Waals surface area contributed by atoms with Crippen LogP contribution in [0.15, 0.2) is 47.7 Å². The average Bonchev–Trinajstić information content (AvgIpc) is 2.66. The first kappa shape index (κ1) is 24.7. The highest BCUT2D eigenvalue weighted by molar-refractivity contribution is 14.0. The van der Waals surface area contributed by atoms with Crippen LogP contribution in [0.1, 0.15) is 36.5 Å². The maximum absolute atomic E-state index is 13.5. The number of halogens is 2. The number of thioether (sulfide) groups is 1. The van der Waals surface area contributed by atoms with Gasteiger partial charge in [-0.05, 0) is 47.1 Å². The summed E-state index contributed by atoms with van der Waals surface area (Å²) < 4.78 is 13.5. The maximum Gasteiger partial charge on any atom is 0.191 e. The van der Waals surface area contributed by atoms with Crippen molar-refractivity contribution in [2.24, 2.45) is 10.9 Å². The minimum absolute atomic E-state index is 0. The molecule has 0 aliphatic heterocycles. The Morgan fingerprint density at radius 2 is 2.00 bits per heavy atom. The van der Waals surface area contributed by atoms with Crippen LogP contribution in [0.3, 0.4) is 0 Å². The third-order valence-corrected chi connectivity index (χ3v) is 5.14. The van der Waals surface area contributed by atoms with Crippen molar-refractivity contribution in [1.29, 1.82) is 0 Å². The number of aliphatic imine (C=N–C) groups is 1. The molecule has 28 heavy (non-hydrogen) atoms. The van der Waals surface area contributed by atoms with Gasteiger partial charge in [-0.25, -0.2) is 4.39 Å². The summed E-state index contributed by atoms with van der Waals surface area (Å²) in [7, 11) is 1.76. The Morgan fingerprint density at radius 3 is 2.61 bits per heavy atom. The molecule has 0 saturated carbocycles. The molecule has 2 aromatic rings. The Morgan fingerprint density at radius 1 is 1.21 bits per heavy atom. The largest absolute Gasteiger partial charge is 0.356 e. The van der Waals surface area contributed by atoms with Crippen LogP contribution in [0, 0.1) is 11.7 Å². The zero-order chi connectivity index (χ0) is 19.6. The molecule has 0 fully saturated rings. The molecular weight excluding hydrogens is 486 g/mol. The van der Waals surface area contributed by atoms with Gasteiger partial charge in [0.1, 0.15) is 5.82 Å². The fraction of sp³-hybridized carbons (Fsp3) is 0.429. The van der Waals surface area contributed by atoms with E-state index in [4.69, 9.17) is 0 Å². The average molecular weight is 516 g/mol. The highest BCUT2D eigenvalue weighted by Crippen LogP contribution is 2.22. The quantitative estimate of drug-likeness (QED) is 0.301. The van der Waals surface area contributed by atoms with E-state index >= 15 is 0 Å². The lowest BCUT2D eigenvalue weighted by Crippen LogP contribution is -2.39. The minimum atomic E-state index is -0.193. The Bertz CT molecular complexity index is 740. The van der Waals surface area contributed by atoms with Gasteiger partial charge in [0.05, 0.1) is 0 Å². The number of nitrogens with one attached hydrogen (secondary N) is 2. The first-order valence-electron chi connectivity index (χ1n) is 9.15. The number of benzene rings is 1. The highest BCUT2D eigenvalue weighted by Gasteiger charge is 2.16. The van der Waals surface area contributed by atoms with Gasteiger partial charge in [0, 0.05) is 44.2 Å². The van der Waals surface area contributed by atoms with E-state index in [1.807, 2.05) is 24.6 Å². The summed E-state index contributed by atoms with van der Waals surface area (Å²) in [4.78, 5) is 8.56. The molecule has 7 heteroatoms. The molecular formula is C21H30FIN4S. The Balaban J connectivity index is 0.00000392. The van der Waals surface area contributed by atoms with Crippen molar-refractivity contribution in [3.8, 4) is 0 Å². The van der Waals surface area contributed by atoms with Gasteiger partial charge in [0.15, 0.2) is 5.96 Å². The lowest BCUT2D eigenvalue weighted by atomic mass is 9.89. The predicted octanol–water partition coefficient (Wildman–Crippen LogP) is 4.81. The number of rotatable bonds is 8. The molecule has 0 saturated heterocycles. The lowest BCUT2D eigenvalue weighted by molar-refractivity contribution is 0.487. The van der Waals surface area contributed by atoms with Crippen molar-refractivity contribution in [3.63, 3.8) is 0 Å². The number of nitrogens with zero attached hydrogens (tertiary/aromatic N) is 2. The second-order valence-corrected chi connectivity index (χ2v) is 7.66. The van der Waals surface area contributed by atoms with Crippen LogP contribution >= 0.6 is 35.7 Å². The van der Waals surface area contributed by atoms with Crippen LogP contribution in [0.25, 0.3) is 0 Å².